The maximum Gasteiger partial charge on any atom is 0.251 e. The van der Waals surface area contributed by atoms with E-state index in [-0.39, 0.29) is 5.91 Å². The minimum Gasteiger partial charge on any atom is -0.391 e. The molecule has 1 atom stereocenters. The molecule has 1 amide bonds. The van der Waals surface area contributed by atoms with Gasteiger partial charge in [-0.1, -0.05) is 13.8 Å². The van der Waals surface area contributed by atoms with Crippen LogP contribution in [0, 0.1) is 5.92 Å². The molecule has 0 aliphatic carbocycles. The first-order valence-corrected chi connectivity index (χ1v) is 6.59. The van der Waals surface area contributed by atoms with E-state index in [9.17, 15) is 9.90 Å². The number of hydrogen-bond acceptors (Lipinski definition) is 2. The lowest BCUT2D eigenvalue weighted by Crippen LogP contribution is -2.32. The molecule has 1 aromatic heterocycles. The first kappa shape index (κ1) is 13.6. The van der Waals surface area contributed by atoms with Crippen molar-refractivity contribution in [1.29, 1.82) is 0 Å². The molecule has 0 bridgehead atoms. The number of nitrogens with one attached hydrogen (secondary N) is 2. The minimum atomic E-state index is -0.486. The van der Waals surface area contributed by atoms with Crippen molar-refractivity contribution in [3.8, 4) is 0 Å². The smallest absolute Gasteiger partial charge is 0.251 e. The molecule has 1 aromatic carbocycles. The summed E-state index contributed by atoms with van der Waals surface area (Å²) >= 11 is 0. The highest BCUT2D eigenvalue weighted by Crippen LogP contribution is 2.14. The van der Waals surface area contributed by atoms with Crippen molar-refractivity contribution in [2.75, 3.05) is 6.54 Å². The first-order chi connectivity index (χ1) is 9.06. The van der Waals surface area contributed by atoms with Crippen LogP contribution in [0.5, 0.6) is 0 Å². The number of benzene rings is 1. The van der Waals surface area contributed by atoms with E-state index >= 15 is 0 Å². The number of carbonyl (C=O) groups excluding carboxylic acids is 1. The maximum absolute atomic E-state index is 12.0. The van der Waals surface area contributed by atoms with Gasteiger partial charge in [-0.05, 0) is 36.6 Å². The molecule has 19 heavy (non-hydrogen) atoms. The Morgan fingerprint density at radius 1 is 1.37 bits per heavy atom. The minimum absolute atomic E-state index is 0.147. The van der Waals surface area contributed by atoms with E-state index < -0.39 is 6.10 Å². The van der Waals surface area contributed by atoms with Crippen LogP contribution >= 0.6 is 0 Å². The number of rotatable bonds is 5. The second-order valence-electron chi connectivity index (χ2n) is 5.27. The third-order valence-electron chi connectivity index (χ3n) is 3.06. The number of aliphatic hydroxyl groups excluding tert-OH is 1. The monoisotopic (exact) mass is 260 g/mol. The summed E-state index contributed by atoms with van der Waals surface area (Å²) < 4.78 is 0. The molecule has 0 saturated heterocycles. The van der Waals surface area contributed by atoms with Gasteiger partial charge in [0.2, 0.25) is 0 Å². The Morgan fingerprint density at radius 2 is 2.16 bits per heavy atom. The molecule has 4 nitrogen and oxygen atoms in total. The second-order valence-corrected chi connectivity index (χ2v) is 5.27. The molecule has 0 aliphatic rings. The van der Waals surface area contributed by atoms with Crippen LogP contribution in [0.25, 0.3) is 10.9 Å². The molecule has 1 unspecified atom stereocenters. The van der Waals surface area contributed by atoms with Crippen LogP contribution < -0.4 is 5.32 Å². The van der Waals surface area contributed by atoms with Crippen molar-refractivity contribution < 1.29 is 9.90 Å². The zero-order valence-electron chi connectivity index (χ0n) is 11.3. The van der Waals surface area contributed by atoms with Gasteiger partial charge < -0.3 is 15.4 Å². The first-order valence-electron chi connectivity index (χ1n) is 6.59. The summed E-state index contributed by atoms with van der Waals surface area (Å²) in [6.07, 6.45) is 2.05. The predicted molar refractivity (Wildman–Crippen MR) is 76.1 cm³/mol. The van der Waals surface area contributed by atoms with Crippen molar-refractivity contribution >= 4 is 16.8 Å². The Bertz CT molecular complexity index is 560. The van der Waals surface area contributed by atoms with Gasteiger partial charge in [0.15, 0.2) is 0 Å². The van der Waals surface area contributed by atoms with Crippen LogP contribution in [0.1, 0.15) is 30.6 Å². The Hall–Kier alpha value is -1.81. The van der Waals surface area contributed by atoms with Crippen LogP contribution in [0.15, 0.2) is 30.5 Å². The number of aromatic amines is 1. The van der Waals surface area contributed by atoms with Gasteiger partial charge in [-0.3, -0.25) is 4.79 Å². The topological polar surface area (TPSA) is 65.1 Å². The van der Waals surface area contributed by atoms with E-state index in [1.54, 1.807) is 6.07 Å². The van der Waals surface area contributed by atoms with Gasteiger partial charge in [0.25, 0.3) is 5.91 Å². The summed E-state index contributed by atoms with van der Waals surface area (Å²) in [5.74, 6) is 0.272. The van der Waals surface area contributed by atoms with Crippen LogP contribution in [0.3, 0.4) is 0 Å². The van der Waals surface area contributed by atoms with Crippen LogP contribution in [0.2, 0.25) is 0 Å². The van der Waals surface area contributed by atoms with E-state index in [2.05, 4.69) is 10.3 Å². The molecule has 0 radical (unpaired) electrons. The van der Waals surface area contributed by atoms with Gasteiger partial charge >= 0.3 is 0 Å². The number of carbonyl (C=O) groups is 1. The molecule has 0 saturated carbocycles. The Kier molecular flexibility index (Phi) is 4.22. The molecule has 3 N–H and O–H groups in total. The molecule has 1 heterocycles. The third kappa shape index (κ3) is 3.58. The highest BCUT2D eigenvalue weighted by molar-refractivity contribution is 5.98. The number of aromatic nitrogens is 1. The van der Waals surface area contributed by atoms with E-state index in [1.807, 2.05) is 38.2 Å². The van der Waals surface area contributed by atoms with Crippen molar-refractivity contribution in [2.45, 2.75) is 26.4 Å². The van der Waals surface area contributed by atoms with Gasteiger partial charge in [-0.15, -0.1) is 0 Å². The SMILES string of the molecule is CC(C)CC(O)CNC(=O)c1ccc2[nH]ccc2c1. The standard InChI is InChI=1S/C15H20N2O2/c1-10(2)7-13(18)9-17-15(19)12-3-4-14-11(8-12)5-6-16-14/h3-6,8,10,13,16,18H,7,9H2,1-2H3,(H,17,19). The molecule has 0 aliphatic heterocycles. The number of fused-ring (bicyclic) bond motifs is 1. The number of H-pyrrole nitrogens is 1. The summed E-state index contributed by atoms with van der Waals surface area (Å²) in [5, 5.41) is 13.5. The molecule has 0 fully saturated rings. The van der Waals surface area contributed by atoms with Crippen LogP contribution in [0.4, 0.5) is 0 Å². The molecular weight excluding hydrogens is 240 g/mol. The lowest BCUT2D eigenvalue weighted by molar-refractivity contribution is 0.0900. The zero-order valence-corrected chi connectivity index (χ0v) is 11.3. The maximum atomic E-state index is 12.0. The fourth-order valence-corrected chi connectivity index (χ4v) is 2.13. The van der Waals surface area contributed by atoms with E-state index in [4.69, 9.17) is 0 Å². The summed E-state index contributed by atoms with van der Waals surface area (Å²) in [7, 11) is 0. The number of hydrogen-bond donors (Lipinski definition) is 3. The fourth-order valence-electron chi connectivity index (χ4n) is 2.13. The number of amides is 1. The van der Waals surface area contributed by atoms with Gasteiger partial charge in [-0.25, -0.2) is 0 Å². The lowest BCUT2D eigenvalue weighted by atomic mass is 10.1. The summed E-state index contributed by atoms with van der Waals surface area (Å²) in [6, 6.07) is 7.44. The highest BCUT2D eigenvalue weighted by Gasteiger charge is 2.11. The van der Waals surface area contributed by atoms with Crippen molar-refractivity contribution in [3.05, 3.63) is 36.0 Å². The Labute approximate surface area is 112 Å². The molecule has 0 spiro atoms. The predicted octanol–water partition coefficient (Wildman–Crippen LogP) is 2.30. The lowest BCUT2D eigenvalue weighted by Gasteiger charge is -2.13. The average molecular weight is 260 g/mol. The summed E-state index contributed by atoms with van der Waals surface area (Å²) in [4.78, 5) is 15.1. The van der Waals surface area contributed by atoms with Gasteiger partial charge in [0.05, 0.1) is 6.10 Å². The summed E-state index contributed by atoms with van der Waals surface area (Å²) in [5.41, 5.74) is 1.63. The van der Waals surface area contributed by atoms with Crippen molar-refractivity contribution in [1.82, 2.24) is 10.3 Å². The third-order valence-corrected chi connectivity index (χ3v) is 3.06. The molecule has 4 heteroatoms. The van der Waals surface area contributed by atoms with Crippen molar-refractivity contribution in [2.24, 2.45) is 5.92 Å². The van der Waals surface area contributed by atoms with Crippen LogP contribution in [-0.2, 0) is 0 Å². The fraction of sp³-hybridized carbons (Fsp3) is 0.400. The van der Waals surface area contributed by atoms with Gasteiger partial charge in [-0.2, -0.15) is 0 Å². The van der Waals surface area contributed by atoms with E-state index in [1.165, 1.54) is 0 Å². The van der Waals surface area contributed by atoms with E-state index in [0.29, 0.717) is 24.4 Å². The molecule has 102 valence electrons. The Morgan fingerprint density at radius 3 is 2.89 bits per heavy atom. The van der Waals surface area contributed by atoms with Crippen LogP contribution in [-0.4, -0.2) is 28.6 Å². The van der Waals surface area contributed by atoms with Crippen molar-refractivity contribution in [3.63, 3.8) is 0 Å². The second kappa shape index (κ2) is 5.89. The average Bonchev–Trinajstić information content (AvgIpc) is 2.82. The quantitative estimate of drug-likeness (QED) is 0.772. The molecule has 2 aromatic rings. The number of aliphatic hydroxyl groups is 1. The normalized spacial score (nSPS) is 12.8. The highest BCUT2D eigenvalue weighted by atomic mass is 16.3. The van der Waals surface area contributed by atoms with Gasteiger partial charge in [0.1, 0.15) is 0 Å². The largest absolute Gasteiger partial charge is 0.391 e. The Balaban J connectivity index is 1.95. The van der Waals surface area contributed by atoms with Gasteiger partial charge in [0, 0.05) is 29.2 Å². The molecule has 2 rings (SSSR count). The van der Waals surface area contributed by atoms with E-state index in [0.717, 1.165) is 10.9 Å². The molecular formula is C15H20N2O2. The zero-order chi connectivity index (χ0) is 13.8. The summed E-state index contributed by atoms with van der Waals surface area (Å²) in [6.45, 7) is 4.39.